The van der Waals surface area contributed by atoms with Gasteiger partial charge in [0, 0.05) is 38.4 Å². The molecule has 0 radical (unpaired) electrons. The molecule has 26 heavy (non-hydrogen) atoms. The topological polar surface area (TPSA) is 32.8 Å². The van der Waals surface area contributed by atoms with Crippen LogP contribution in [0.25, 0.3) is 6.08 Å². The van der Waals surface area contributed by atoms with Crippen molar-refractivity contribution in [1.29, 1.82) is 0 Å². The first-order valence-electron chi connectivity index (χ1n) is 9.07. The van der Waals surface area contributed by atoms with Gasteiger partial charge in [0.1, 0.15) is 5.75 Å². The number of carbonyl (C=O) groups is 1. The van der Waals surface area contributed by atoms with Crippen LogP contribution in [-0.4, -0.2) is 38.1 Å². The van der Waals surface area contributed by atoms with Gasteiger partial charge < -0.3 is 14.5 Å². The molecule has 1 amide bonds. The Morgan fingerprint density at radius 2 is 1.92 bits per heavy atom. The summed E-state index contributed by atoms with van der Waals surface area (Å²) in [5.41, 5.74) is 3.39. The van der Waals surface area contributed by atoms with Crippen LogP contribution in [0.4, 0.5) is 5.69 Å². The van der Waals surface area contributed by atoms with Crippen LogP contribution in [0.15, 0.2) is 54.6 Å². The van der Waals surface area contributed by atoms with Crippen LogP contribution in [0.3, 0.4) is 0 Å². The number of carbonyl (C=O) groups excluding carboxylic acids is 1. The van der Waals surface area contributed by atoms with Gasteiger partial charge in [-0.25, -0.2) is 0 Å². The third-order valence-corrected chi connectivity index (χ3v) is 4.73. The number of para-hydroxylation sites is 1. The summed E-state index contributed by atoms with van der Waals surface area (Å²) in [4.78, 5) is 16.7. The molecule has 0 unspecified atom stereocenters. The maximum absolute atomic E-state index is 12.5. The smallest absolute Gasteiger partial charge is 0.246 e. The fourth-order valence-corrected chi connectivity index (χ4v) is 3.28. The largest absolute Gasteiger partial charge is 0.497 e. The van der Waals surface area contributed by atoms with E-state index in [1.165, 1.54) is 24.1 Å². The molecule has 4 heteroatoms. The van der Waals surface area contributed by atoms with Gasteiger partial charge in [0.25, 0.3) is 0 Å². The van der Waals surface area contributed by atoms with Gasteiger partial charge in [-0.15, -0.1) is 0 Å². The third kappa shape index (κ3) is 4.45. The molecule has 0 saturated carbocycles. The summed E-state index contributed by atoms with van der Waals surface area (Å²) in [7, 11) is 3.48. The van der Waals surface area contributed by atoms with Crippen molar-refractivity contribution in [2.75, 3.05) is 32.1 Å². The Morgan fingerprint density at radius 3 is 2.69 bits per heavy atom. The highest BCUT2D eigenvalue weighted by atomic mass is 16.5. The van der Waals surface area contributed by atoms with Gasteiger partial charge in [-0.05, 0) is 48.2 Å². The summed E-state index contributed by atoms with van der Waals surface area (Å²) in [6, 6.07) is 16.1. The van der Waals surface area contributed by atoms with Gasteiger partial charge in [0.05, 0.1) is 7.11 Å². The number of ether oxygens (including phenoxy) is 1. The second-order valence-corrected chi connectivity index (χ2v) is 6.63. The average molecular weight is 350 g/mol. The minimum absolute atomic E-state index is 0.0101. The van der Waals surface area contributed by atoms with Crippen LogP contribution >= 0.6 is 0 Å². The Hall–Kier alpha value is -2.75. The van der Waals surface area contributed by atoms with Gasteiger partial charge in [0.15, 0.2) is 0 Å². The molecule has 0 atom stereocenters. The fourth-order valence-electron chi connectivity index (χ4n) is 3.28. The molecule has 0 aromatic heterocycles. The van der Waals surface area contributed by atoms with Crippen molar-refractivity contribution in [2.24, 2.45) is 0 Å². The molecule has 1 aliphatic heterocycles. The number of methoxy groups -OCH3 is 1. The van der Waals surface area contributed by atoms with Crippen LogP contribution in [0.2, 0.25) is 0 Å². The standard InChI is InChI=1S/C22H26N2O2/c1-23(22(25)13-12-18-8-7-10-20(16-18)26-2)17-19-9-3-4-11-21(19)24-14-5-6-15-24/h3-4,7-13,16H,5-6,14-15,17H2,1-2H3/b13-12+. The Morgan fingerprint density at radius 1 is 1.15 bits per heavy atom. The highest BCUT2D eigenvalue weighted by Crippen LogP contribution is 2.25. The molecular formula is C22H26N2O2. The number of hydrogen-bond donors (Lipinski definition) is 0. The Balaban J connectivity index is 1.67. The highest BCUT2D eigenvalue weighted by molar-refractivity contribution is 5.91. The zero-order chi connectivity index (χ0) is 18.4. The summed E-state index contributed by atoms with van der Waals surface area (Å²) in [6.45, 7) is 2.81. The summed E-state index contributed by atoms with van der Waals surface area (Å²) in [5.74, 6) is 0.775. The Labute approximate surface area is 155 Å². The van der Waals surface area contributed by atoms with Crippen molar-refractivity contribution in [1.82, 2.24) is 4.90 Å². The normalized spacial score (nSPS) is 14.0. The Kier molecular flexibility index (Phi) is 5.95. The van der Waals surface area contributed by atoms with Crippen molar-refractivity contribution >= 4 is 17.7 Å². The van der Waals surface area contributed by atoms with Crippen molar-refractivity contribution in [3.8, 4) is 5.75 Å². The zero-order valence-electron chi connectivity index (χ0n) is 15.5. The van der Waals surface area contributed by atoms with Gasteiger partial charge in [0.2, 0.25) is 5.91 Å². The zero-order valence-corrected chi connectivity index (χ0v) is 15.5. The Bertz CT molecular complexity index is 779. The predicted octanol–water partition coefficient (Wildman–Crippen LogP) is 3.97. The molecule has 1 aliphatic rings. The summed E-state index contributed by atoms with van der Waals surface area (Å²) < 4.78 is 5.22. The van der Waals surface area contributed by atoms with E-state index in [1.807, 2.05) is 43.5 Å². The lowest BCUT2D eigenvalue weighted by molar-refractivity contribution is -0.125. The molecule has 0 N–H and O–H groups in total. The molecule has 1 heterocycles. The van der Waals surface area contributed by atoms with E-state index in [9.17, 15) is 4.79 Å². The summed E-state index contributed by atoms with van der Waals surface area (Å²) >= 11 is 0. The first-order valence-corrected chi connectivity index (χ1v) is 9.07. The number of amides is 1. The average Bonchev–Trinajstić information content (AvgIpc) is 3.21. The molecular weight excluding hydrogens is 324 g/mol. The van der Waals surface area contributed by atoms with Crippen molar-refractivity contribution in [3.05, 3.63) is 65.7 Å². The first-order chi connectivity index (χ1) is 12.7. The molecule has 0 spiro atoms. The van der Waals surface area contributed by atoms with E-state index in [2.05, 4.69) is 23.1 Å². The monoisotopic (exact) mass is 350 g/mol. The van der Waals surface area contributed by atoms with E-state index < -0.39 is 0 Å². The van der Waals surface area contributed by atoms with Gasteiger partial charge in [-0.1, -0.05) is 30.3 Å². The number of benzene rings is 2. The van der Waals surface area contributed by atoms with E-state index in [4.69, 9.17) is 4.74 Å². The van der Waals surface area contributed by atoms with Crippen LogP contribution in [0.1, 0.15) is 24.0 Å². The van der Waals surface area contributed by atoms with Gasteiger partial charge in [-0.2, -0.15) is 0 Å². The second kappa shape index (κ2) is 8.56. The number of rotatable bonds is 6. The van der Waals surface area contributed by atoms with E-state index in [0.717, 1.165) is 24.4 Å². The highest BCUT2D eigenvalue weighted by Gasteiger charge is 2.16. The molecule has 2 aromatic rings. The summed E-state index contributed by atoms with van der Waals surface area (Å²) in [6.07, 6.45) is 5.93. The molecule has 1 fully saturated rings. The molecule has 136 valence electrons. The maximum Gasteiger partial charge on any atom is 0.246 e. The van der Waals surface area contributed by atoms with Crippen LogP contribution in [0.5, 0.6) is 5.75 Å². The predicted molar refractivity (Wildman–Crippen MR) is 106 cm³/mol. The third-order valence-electron chi connectivity index (χ3n) is 4.73. The van der Waals surface area contributed by atoms with Gasteiger partial charge in [-0.3, -0.25) is 4.79 Å². The van der Waals surface area contributed by atoms with E-state index in [0.29, 0.717) is 6.54 Å². The lowest BCUT2D eigenvalue weighted by Gasteiger charge is -2.24. The maximum atomic E-state index is 12.5. The van der Waals surface area contributed by atoms with E-state index >= 15 is 0 Å². The summed E-state index contributed by atoms with van der Waals surface area (Å²) in [5, 5.41) is 0. The van der Waals surface area contributed by atoms with Gasteiger partial charge >= 0.3 is 0 Å². The van der Waals surface area contributed by atoms with Crippen LogP contribution in [-0.2, 0) is 11.3 Å². The lowest BCUT2D eigenvalue weighted by Crippen LogP contribution is -2.26. The molecule has 3 rings (SSSR count). The molecule has 0 aliphatic carbocycles. The van der Waals surface area contributed by atoms with Crippen molar-refractivity contribution < 1.29 is 9.53 Å². The fraction of sp³-hybridized carbons (Fsp3) is 0.318. The molecule has 1 saturated heterocycles. The van der Waals surface area contributed by atoms with Crippen molar-refractivity contribution in [2.45, 2.75) is 19.4 Å². The van der Waals surface area contributed by atoms with Crippen LogP contribution < -0.4 is 9.64 Å². The van der Waals surface area contributed by atoms with E-state index in [1.54, 1.807) is 18.1 Å². The number of nitrogens with zero attached hydrogens (tertiary/aromatic N) is 2. The number of hydrogen-bond acceptors (Lipinski definition) is 3. The lowest BCUT2D eigenvalue weighted by atomic mass is 10.1. The molecule has 4 nitrogen and oxygen atoms in total. The molecule has 0 bridgehead atoms. The SMILES string of the molecule is COc1cccc(/C=C/C(=O)N(C)Cc2ccccc2N2CCCC2)c1. The first kappa shape index (κ1) is 18.1. The minimum atomic E-state index is -0.0101. The number of likely N-dealkylation sites (N-methyl/N-ethyl adjacent to an activating group) is 1. The quantitative estimate of drug-likeness (QED) is 0.739. The van der Waals surface area contributed by atoms with Crippen molar-refractivity contribution in [3.63, 3.8) is 0 Å². The van der Waals surface area contributed by atoms with Crippen LogP contribution in [0, 0.1) is 0 Å². The van der Waals surface area contributed by atoms with E-state index in [-0.39, 0.29) is 5.91 Å². The molecule has 2 aromatic carbocycles. The second-order valence-electron chi connectivity index (χ2n) is 6.63. The number of anilines is 1. The minimum Gasteiger partial charge on any atom is -0.497 e.